The average Bonchev–Trinajstić information content (AvgIpc) is 2.79. The molecule has 1 heterocycles. The highest BCUT2D eigenvalue weighted by Gasteiger charge is 2.19. The van der Waals surface area contributed by atoms with E-state index < -0.39 is 12.1 Å². The number of nitrogens with zero attached hydrogens (tertiary/aromatic N) is 3. The van der Waals surface area contributed by atoms with Gasteiger partial charge in [-0.3, -0.25) is 4.79 Å². The molecule has 3 aromatic rings. The van der Waals surface area contributed by atoms with Gasteiger partial charge in [0.2, 0.25) is 0 Å². The molecular formula is C23H23Br2N3O5. The maximum Gasteiger partial charge on any atom is 0.344 e. The third-order valence-corrected chi connectivity index (χ3v) is 6.19. The number of hydrogen-bond donors (Lipinski definition) is 1. The van der Waals surface area contributed by atoms with Crippen molar-refractivity contribution in [3.8, 4) is 11.5 Å². The zero-order chi connectivity index (χ0) is 24.3. The third kappa shape index (κ3) is 5.44. The largest absolute Gasteiger partial charge is 0.493 e. The number of rotatable bonds is 8. The standard InChI is InChI=1S/C23H23Br2N3O5/c1-5-12(2)21-27-18-7-6-15(24)10-16(18)22(29)28(21)26-11-14-8-17(25)20(19(9-14)32-4)33-13(3)23(30)31/h6-13H,5H2,1-4H3,(H,30,31)/t12-,13+/m1/s1. The average molecular weight is 581 g/mol. The topological polar surface area (TPSA) is 103 Å². The molecule has 174 valence electrons. The summed E-state index contributed by atoms with van der Waals surface area (Å²) in [6.07, 6.45) is 1.25. The van der Waals surface area contributed by atoms with E-state index in [0.29, 0.717) is 32.5 Å². The van der Waals surface area contributed by atoms with Gasteiger partial charge in [-0.25, -0.2) is 9.78 Å². The van der Waals surface area contributed by atoms with Crippen molar-refractivity contribution in [3.63, 3.8) is 0 Å². The molecule has 1 aromatic heterocycles. The van der Waals surface area contributed by atoms with Gasteiger partial charge in [0.1, 0.15) is 5.82 Å². The van der Waals surface area contributed by atoms with Crippen LogP contribution in [0.2, 0.25) is 0 Å². The Hall–Kier alpha value is -2.72. The van der Waals surface area contributed by atoms with Gasteiger partial charge in [0, 0.05) is 10.4 Å². The summed E-state index contributed by atoms with van der Waals surface area (Å²) in [5.74, 6) is 0.0718. The number of carboxylic acid groups (broad SMARTS) is 1. The van der Waals surface area contributed by atoms with E-state index in [1.54, 1.807) is 24.3 Å². The molecule has 0 aliphatic rings. The van der Waals surface area contributed by atoms with E-state index in [-0.39, 0.29) is 17.2 Å². The van der Waals surface area contributed by atoms with Gasteiger partial charge >= 0.3 is 5.97 Å². The molecule has 0 aliphatic carbocycles. The molecule has 0 amide bonds. The molecule has 2 atom stereocenters. The summed E-state index contributed by atoms with van der Waals surface area (Å²) in [4.78, 5) is 29.1. The van der Waals surface area contributed by atoms with E-state index in [4.69, 9.17) is 19.6 Å². The molecule has 1 N–H and O–H groups in total. The second-order valence-electron chi connectivity index (χ2n) is 7.43. The molecule has 0 saturated carbocycles. The predicted molar refractivity (Wildman–Crippen MR) is 134 cm³/mol. The quantitative estimate of drug-likeness (QED) is 0.368. The van der Waals surface area contributed by atoms with Gasteiger partial charge in [-0.1, -0.05) is 29.8 Å². The molecule has 0 spiro atoms. The van der Waals surface area contributed by atoms with Crippen LogP contribution in [-0.2, 0) is 4.79 Å². The van der Waals surface area contributed by atoms with Crippen LogP contribution in [0.5, 0.6) is 11.5 Å². The summed E-state index contributed by atoms with van der Waals surface area (Å²) in [6, 6.07) is 8.74. The van der Waals surface area contributed by atoms with Crippen molar-refractivity contribution in [1.82, 2.24) is 9.66 Å². The maximum absolute atomic E-state index is 13.3. The smallest absolute Gasteiger partial charge is 0.344 e. The Bertz CT molecular complexity index is 1290. The van der Waals surface area contributed by atoms with E-state index in [9.17, 15) is 9.59 Å². The van der Waals surface area contributed by atoms with Gasteiger partial charge in [-0.2, -0.15) is 9.78 Å². The SMILES string of the molecule is CC[C@@H](C)c1nc2ccc(Br)cc2c(=O)n1N=Cc1cc(Br)c(O[C@@H](C)C(=O)O)c(OC)c1. The summed E-state index contributed by atoms with van der Waals surface area (Å²) in [7, 11) is 1.46. The fourth-order valence-corrected chi connectivity index (χ4v) is 3.97. The Morgan fingerprint density at radius 3 is 2.64 bits per heavy atom. The highest BCUT2D eigenvalue weighted by Crippen LogP contribution is 2.37. The number of halogens is 2. The number of ether oxygens (including phenoxy) is 2. The van der Waals surface area contributed by atoms with Crippen LogP contribution in [0.4, 0.5) is 0 Å². The Balaban J connectivity index is 2.10. The number of aromatic nitrogens is 2. The molecule has 3 rings (SSSR count). The maximum atomic E-state index is 13.3. The van der Waals surface area contributed by atoms with E-state index in [1.165, 1.54) is 24.9 Å². The van der Waals surface area contributed by atoms with Gasteiger partial charge in [0.15, 0.2) is 17.6 Å². The molecule has 0 fully saturated rings. The van der Waals surface area contributed by atoms with Crippen LogP contribution >= 0.6 is 31.9 Å². The first-order valence-corrected chi connectivity index (χ1v) is 11.8. The van der Waals surface area contributed by atoms with Crippen LogP contribution in [-0.4, -0.2) is 40.2 Å². The van der Waals surface area contributed by atoms with Crippen molar-refractivity contribution < 1.29 is 19.4 Å². The molecule has 8 nitrogen and oxygen atoms in total. The number of benzene rings is 2. The second kappa shape index (κ2) is 10.5. The molecule has 2 aromatic carbocycles. The molecule has 33 heavy (non-hydrogen) atoms. The second-order valence-corrected chi connectivity index (χ2v) is 9.20. The minimum Gasteiger partial charge on any atom is -0.493 e. The van der Waals surface area contributed by atoms with Crippen LogP contribution < -0.4 is 15.0 Å². The van der Waals surface area contributed by atoms with Crippen molar-refractivity contribution in [3.05, 3.63) is 61.0 Å². The van der Waals surface area contributed by atoms with Crippen molar-refractivity contribution in [1.29, 1.82) is 0 Å². The summed E-state index contributed by atoms with van der Waals surface area (Å²) in [5, 5.41) is 14.0. The molecule has 0 radical (unpaired) electrons. The summed E-state index contributed by atoms with van der Waals surface area (Å²) in [5.41, 5.74) is 0.961. The zero-order valence-corrected chi connectivity index (χ0v) is 21.7. The number of carboxylic acids is 1. The van der Waals surface area contributed by atoms with Crippen molar-refractivity contribution >= 4 is 54.9 Å². The van der Waals surface area contributed by atoms with Crippen LogP contribution in [0.3, 0.4) is 0 Å². The summed E-state index contributed by atoms with van der Waals surface area (Å²) < 4.78 is 13.5. The Kier molecular flexibility index (Phi) is 7.91. The number of methoxy groups -OCH3 is 1. The summed E-state index contributed by atoms with van der Waals surface area (Å²) in [6.45, 7) is 5.45. The zero-order valence-electron chi connectivity index (χ0n) is 18.5. The molecule has 0 aliphatic heterocycles. The molecule has 10 heteroatoms. The lowest BCUT2D eigenvalue weighted by Crippen LogP contribution is -2.24. The first-order chi connectivity index (χ1) is 15.7. The third-order valence-electron chi connectivity index (χ3n) is 5.10. The fraction of sp³-hybridized carbons (Fsp3) is 0.304. The molecule has 0 saturated heterocycles. The molecule has 0 bridgehead atoms. The predicted octanol–water partition coefficient (Wildman–Crippen LogP) is 5.18. The van der Waals surface area contributed by atoms with Crippen molar-refractivity contribution in [2.24, 2.45) is 5.10 Å². The van der Waals surface area contributed by atoms with Crippen LogP contribution in [0.25, 0.3) is 10.9 Å². The fourth-order valence-electron chi connectivity index (χ4n) is 3.06. The van der Waals surface area contributed by atoms with Crippen LogP contribution in [0.15, 0.2) is 49.2 Å². The number of fused-ring (bicyclic) bond motifs is 1. The van der Waals surface area contributed by atoms with E-state index in [2.05, 4.69) is 37.0 Å². The van der Waals surface area contributed by atoms with E-state index in [1.807, 2.05) is 19.9 Å². The van der Waals surface area contributed by atoms with Gasteiger partial charge in [0.05, 0.1) is 28.7 Å². The number of aliphatic carboxylic acids is 1. The van der Waals surface area contributed by atoms with Crippen LogP contribution in [0.1, 0.15) is 44.5 Å². The highest BCUT2D eigenvalue weighted by molar-refractivity contribution is 9.10. The lowest BCUT2D eigenvalue weighted by Gasteiger charge is -2.16. The Morgan fingerprint density at radius 2 is 2.00 bits per heavy atom. The molecular weight excluding hydrogens is 558 g/mol. The van der Waals surface area contributed by atoms with Crippen LogP contribution in [0, 0.1) is 0 Å². The highest BCUT2D eigenvalue weighted by atomic mass is 79.9. The first kappa shape index (κ1) is 24.9. The van der Waals surface area contributed by atoms with E-state index in [0.717, 1.165) is 10.9 Å². The first-order valence-electron chi connectivity index (χ1n) is 10.2. The van der Waals surface area contributed by atoms with Crippen molar-refractivity contribution in [2.45, 2.75) is 39.2 Å². The van der Waals surface area contributed by atoms with Gasteiger partial charge in [-0.15, -0.1) is 0 Å². The lowest BCUT2D eigenvalue weighted by atomic mass is 10.1. The molecule has 0 unspecified atom stereocenters. The van der Waals surface area contributed by atoms with E-state index >= 15 is 0 Å². The Morgan fingerprint density at radius 1 is 1.27 bits per heavy atom. The normalized spacial score (nSPS) is 13.3. The minimum absolute atomic E-state index is 0.0115. The van der Waals surface area contributed by atoms with Gasteiger partial charge in [0.25, 0.3) is 5.56 Å². The van der Waals surface area contributed by atoms with Crippen molar-refractivity contribution in [2.75, 3.05) is 7.11 Å². The Labute approximate surface area is 207 Å². The number of carbonyl (C=O) groups is 1. The minimum atomic E-state index is -1.10. The van der Waals surface area contributed by atoms with Gasteiger partial charge < -0.3 is 14.6 Å². The summed E-state index contributed by atoms with van der Waals surface area (Å²) >= 11 is 6.80. The monoisotopic (exact) mass is 579 g/mol. The number of hydrogen-bond acceptors (Lipinski definition) is 6. The lowest BCUT2D eigenvalue weighted by molar-refractivity contribution is -0.144. The van der Waals surface area contributed by atoms with Gasteiger partial charge in [-0.05, 0) is 65.2 Å².